The van der Waals surface area contributed by atoms with Gasteiger partial charge in [0.2, 0.25) is 41.4 Å². The van der Waals surface area contributed by atoms with Crippen LogP contribution >= 0.6 is 0 Å². The van der Waals surface area contributed by atoms with Crippen molar-refractivity contribution < 1.29 is 53.4 Å². The van der Waals surface area contributed by atoms with E-state index < -0.39 is 115 Å². The standard InChI is InChI=1S/C49H80N16O11/c1-29(60-46(73)41(39(67)27-54)64-43(70)33(55)10-2-4-20-50)42(69)59-28-40(68)61-35(12-6-22-52)47(74)65-24-8-13-37(65)45(72)63-36(25-30-14-16-31(26-53)17-15-30)44(71)62-34(11-3-5-21-51)38(66)19-18-32(48(75)76)9-7-23-58-49(56)57/h9,14-17,29,33-37,39,41,67H,2-8,10-13,18-25,27-28,50-52,54-55H2,1H3,(H,59,69)(H,60,73)(H,61,68)(H,62,71)(H,63,72)(H,64,70)(H,75,76)(H4,56,57,58)/b32-9+/t29-,33-,34-,35+,36-,37-,39-,41-/m0/s1. The van der Waals surface area contributed by atoms with Gasteiger partial charge in [-0.1, -0.05) is 24.6 Å². The number of carboxylic acids is 1. The average molecular weight is 1070 g/mol. The number of nitrogens with two attached hydrogens (primary N) is 6. The molecule has 0 aromatic heterocycles. The van der Waals surface area contributed by atoms with Crippen molar-refractivity contribution in [3.63, 3.8) is 0 Å². The number of rotatable bonds is 36. The molecule has 7 amide bonds. The van der Waals surface area contributed by atoms with Crippen molar-refractivity contribution in [2.45, 2.75) is 145 Å². The van der Waals surface area contributed by atoms with E-state index in [0.29, 0.717) is 56.3 Å². The van der Waals surface area contributed by atoms with Crippen molar-refractivity contribution in [1.29, 1.82) is 10.7 Å². The third-order valence-corrected chi connectivity index (χ3v) is 12.4. The second kappa shape index (κ2) is 35.2. The number of aliphatic hydroxyl groups excluding tert-OH is 1. The molecular weight excluding hydrogens is 989 g/mol. The molecule has 1 aliphatic rings. The first-order valence-corrected chi connectivity index (χ1v) is 25.6. The Labute approximate surface area is 442 Å². The Morgan fingerprint density at radius 1 is 0.789 bits per heavy atom. The van der Waals surface area contributed by atoms with Crippen LogP contribution in [0.1, 0.15) is 102 Å². The summed E-state index contributed by atoms with van der Waals surface area (Å²) in [5, 5.41) is 54.7. The van der Waals surface area contributed by atoms with Crippen molar-refractivity contribution in [1.82, 2.24) is 42.1 Å². The summed E-state index contributed by atoms with van der Waals surface area (Å²) in [7, 11) is 0. The number of Topliss-reactive ketones (excluding diaryl/α,β-unsaturated/α-hetero) is 1. The highest BCUT2D eigenvalue weighted by molar-refractivity contribution is 5.98. The highest BCUT2D eigenvalue weighted by atomic mass is 16.4. The zero-order valence-electron chi connectivity index (χ0n) is 43.3. The zero-order valence-corrected chi connectivity index (χ0v) is 43.3. The predicted molar refractivity (Wildman–Crippen MR) is 280 cm³/mol. The van der Waals surface area contributed by atoms with Gasteiger partial charge >= 0.3 is 5.97 Å². The molecule has 1 heterocycles. The van der Waals surface area contributed by atoms with Crippen molar-refractivity contribution in [3.05, 3.63) is 47.0 Å². The number of carbonyl (C=O) groups excluding carboxylic acids is 8. The van der Waals surface area contributed by atoms with E-state index in [4.69, 9.17) is 39.8 Å². The van der Waals surface area contributed by atoms with Crippen LogP contribution in [0.25, 0.3) is 0 Å². The van der Waals surface area contributed by atoms with Crippen LogP contribution in [-0.4, -0.2) is 168 Å². The van der Waals surface area contributed by atoms with Gasteiger partial charge in [0.1, 0.15) is 30.2 Å². The molecule has 0 unspecified atom stereocenters. The van der Waals surface area contributed by atoms with Crippen molar-refractivity contribution in [3.8, 4) is 6.07 Å². The third kappa shape index (κ3) is 23.2. The largest absolute Gasteiger partial charge is 0.478 e. The molecule has 1 aromatic rings. The predicted octanol–water partition coefficient (Wildman–Crippen LogP) is -4.47. The summed E-state index contributed by atoms with van der Waals surface area (Å²) >= 11 is 0. The van der Waals surface area contributed by atoms with Crippen LogP contribution in [0.2, 0.25) is 0 Å². The van der Waals surface area contributed by atoms with Crippen LogP contribution < -0.4 is 71.6 Å². The molecule has 76 heavy (non-hydrogen) atoms. The van der Waals surface area contributed by atoms with Gasteiger partial charge in [0.25, 0.3) is 0 Å². The fraction of sp³-hybridized carbons (Fsp3) is 0.612. The van der Waals surface area contributed by atoms with Gasteiger partial charge in [0.05, 0.1) is 36.4 Å². The Morgan fingerprint density at radius 3 is 2.04 bits per heavy atom. The summed E-state index contributed by atoms with van der Waals surface area (Å²) in [4.78, 5) is 122. The van der Waals surface area contributed by atoms with E-state index >= 15 is 0 Å². The van der Waals surface area contributed by atoms with E-state index in [9.17, 15) is 58.6 Å². The van der Waals surface area contributed by atoms with Gasteiger partial charge in [-0.25, -0.2) is 4.79 Å². The first-order valence-electron chi connectivity index (χ1n) is 25.6. The molecule has 8 atom stereocenters. The normalized spacial score (nSPS) is 16.0. The molecule has 0 spiro atoms. The number of likely N-dealkylation sites (tertiary alicyclic amines) is 1. The minimum Gasteiger partial charge on any atom is -0.478 e. The second-order valence-corrected chi connectivity index (χ2v) is 18.4. The number of hydrogen-bond acceptors (Lipinski definition) is 17. The van der Waals surface area contributed by atoms with E-state index in [2.05, 4.69) is 37.2 Å². The maximum atomic E-state index is 14.3. The summed E-state index contributed by atoms with van der Waals surface area (Å²) in [6, 6.07) is -0.318. The third-order valence-electron chi connectivity index (χ3n) is 12.4. The van der Waals surface area contributed by atoms with Gasteiger partial charge in [-0.15, -0.1) is 0 Å². The highest BCUT2D eigenvalue weighted by Gasteiger charge is 2.39. The molecule has 0 radical (unpaired) electrons. The molecule has 0 aliphatic carbocycles. The lowest BCUT2D eigenvalue weighted by atomic mass is 9.97. The van der Waals surface area contributed by atoms with E-state index in [0.717, 1.165) is 0 Å². The average Bonchev–Trinajstić information content (AvgIpc) is 3.90. The molecule has 0 saturated carbocycles. The summed E-state index contributed by atoms with van der Waals surface area (Å²) in [6.07, 6.45) is 2.98. The molecule has 1 aliphatic heterocycles. The minimum absolute atomic E-state index is 0.0453. The topological polar surface area (TPSA) is 485 Å². The number of guanidine groups is 1. The number of benzene rings is 1. The Balaban J connectivity index is 2.26. The molecule has 1 aromatic carbocycles. The quantitative estimate of drug-likeness (QED) is 0.0130. The van der Waals surface area contributed by atoms with Gasteiger partial charge in [-0.3, -0.25) is 43.8 Å². The number of unbranched alkanes of at least 4 members (excludes halogenated alkanes) is 2. The minimum atomic E-state index is -1.57. The zero-order chi connectivity index (χ0) is 56.7. The molecule has 1 fully saturated rings. The summed E-state index contributed by atoms with van der Waals surface area (Å²) in [5.74, 6) is -7.41. The number of ketones is 1. The maximum absolute atomic E-state index is 14.3. The summed E-state index contributed by atoms with van der Waals surface area (Å²) in [5.41, 5.74) is 34.6. The van der Waals surface area contributed by atoms with Gasteiger partial charge < -0.3 is 86.7 Å². The molecule has 1 saturated heterocycles. The van der Waals surface area contributed by atoms with Crippen LogP contribution in [0.3, 0.4) is 0 Å². The Morgan fingerprint density at radius 2 is 1.43 bits per heavy atom. The van der Waals surface area contributed by atoms with Crippen molar-refractivity contribution in [2.75, 3.05) is 45.8 Å². The van der Waals surface area contributed by atoms with E-state index in [1.807, 2.05) is 6.07 Å². The van der Waals surface area contributed by atoms with Crippen molar-refractivity contribution >= 4 is 59.1 Å². The lowest BCUT2D eigenvalue weighted by Gasteiger charge is -2.30. The highest BCUT2D eigenvalue weighted by Crippen LogP contribution is 2.21. The number of aliphatic hydroxyl groups is 1. The van der Waals surface area contributed by atoms with Gasteiger partial charge in [0, 0.05) is 38.0 Å². The van der Waals surface area contributed by atoms with Gasteiger partial charge in [-0.05, 0) is 115 Å². The summed E-state index contributed by atoms with van der Waals surface area (Å²) < 4.78 is 0. The van der Waals surface area contributed by atoms with Crippen LogP contribution in [0.4, 0.5) is 0 Å². The fourth-order valence-electron chi connectivity index (χ4n) is 8.08. The van der Waals surface area contributed by atoms with Crippen molar-refractivity contribution in [2.24, 2.45) is 34.4 Å². The Hall–Kier alpha value is -7.09. The lowest BCUT2D eigenvalue weighted by Crippen LogP contribution is -2.60. The first kappa shape index (κ1) is 65.0. The molecule has 0 bridgehead atoms. The van der Waals surface area contributed by atoms with Crippen LogP contribution in [0, 0.1) is 16.7 Å². The lowest BCUT2D eigenvalue weighted by molar-refractivity contribution is -0.142. The Bertz CT molecular complexity index is 2190. The van der Waals surface area contributed by atoms with E-state index in [1.54, 1.807) is 12.1 Å². The molecule has 27 nitrogen and oxygen atoms in total. The first-order chi connectivity index (χ1) is 36.2. The van der Waals surface area contributed by atoms with Crippen LogP contribution in [0.5, 0.6) is 0 Å². The van der Waals surface area contributed by atoms with Gasteiger partial charge in [-0.2, -0.15) is 5.26 Å². The number of hydrogen-bond donors (Lipinski definition) is 16. The summed E-state index contributed by atoms with van der Waals surface area (Å²) in [6.45, 7) is 1.35. The SMILES string of the molecule is C[C@H](NC(=O)[C@@H](NC(=O)[C@@H](N)CCCCN)[C@@H](O)CN)C(=O)NCC(=O)N[C@H](CCCN)C(=O)N1CCC[C@H]1C(=O)N[C@@H](Cc1ccc(C#N)cc1)C(=O)N[C@@H](CCCCN)C(=O)CC/C(=C\CCNC(=N)N)C(=O)O. The number of amides is 7. The number of aliphatic carboxylic acids is 1. The molecule has 2 rings (SSSR count). The molecule has 422 valence electrons. The van der Waals surface area contributed by atoms with E-state index in [-0.39, 0.29) is 89.0 Å². The number of nitrogens with zero attached hydrogens (tertiary/aromatic N) is 2. The molecular formula is C49H80N16O11. The number of carbonyl (C=O) groups is 9. The van der Waals surface area contributed by atoms with Crippen LogP contribution in [0.15, 0.2) is 35.9 Å². The number of nitrogens with one attached hydrogen (secondary N) is 8. The smallest absolute Gasteiger partial charge is 0.331 e. The number of carboxylic acid groups (broad SMARTS) is 1. The number of nitriles is 1. The Kier molecular flexibility index (Phi) is 30.1. The molecule has 27 heteroatoms. The maximum Gasteiger partial charge on any atom is 0.331 e. The monoisotopic (exact) mass is 1070 g/mol. The van der Waals surface area contributed by atoms with Gasteiger partial charge in [0.15, 0.2) is 11.7 Å². The fourth-order valence-corrected chi connectivity index (χ4v) is 8.08. The van der Waals surface area contributed by atoms with E-state index in [1.165, 1.54) is 30.0 Å². The second-order valence-electron chi connectivity index (χ2n) is 18.4. The molecule has 22 N–H and O–H groups in total. The van der Waals surface area contributed by atoms with Crippen LogP contribution in [-0.2, 0) is 49.6 Å².